The molecule has 2 atom stereocenters. The molecule has 0 spiro atoms. The molecule has 1 aromatic rings. The average molecular weight is 214 g/mol. The van der Waals surface area contributed by atoms with Gasteiger partial charge in [0.15, 0.2) is 0 Å². The molecule has 1 aliphatic carbocycles. The highest BCUT2D eigenvalue weighted by atomic mass is 35.5. The van der Waals surface area contributed by atoms with Crippen LogP contribution in [0.2, 0.25) is 0 Å². The molecule has 14 heavy (non-hydrogen) atoms. The molecule has 2 unspecified atom stereocenters. The van der Waals surface area contributed by atoms with Gasteiger partial charge >= 0.3 is 0 Å². The molecule has 0 saturated heterocycles. The zero-order valence-electron chi connectivity index (χ0n) is 8.70. The van der Waals surface area contributed by atoms with E-state index < -0.39 is 0 Å². The minimum absolute atomic E-state index is 0.466. The fourth-order valence-electron chi connectivity index (χ4n) is 1.87. The maximum atomic E-state index is 5.82. The molecule has 0 radical (unpaired) electrons. The lowest BCUT2D eigenvalue weighted by molar-refractivity contribution is 0.614. The number of alkyl halides is 1. The SMILES string of the molecule is CCCn1c(CCl)nnc1C1CC1C. The van der Waals surface area contributed by atoms with Gasteiger partial charge in [-0.2, -0.15) is 0 Å². The summed E-state index contributed by atoms with van der Waals surface area (Å²) in [7, 11) is 0. The molecule has 1 aromatic heterocycles. The van der Waals surface area contributed by atoms with Crippen molar-refractivity contribution >= 4 is 11.6 Å². The summed E-state index contributed by atoms with van der Waals surface area (Å²) < 4.78 is 2.20. The summed E-state index contributed by atoms with van der Waals surface area (Å²) in [5, 5.41) is 8.38. The number of rotatable bonds is 4. The quantitative estimate of drug-likeness (QED) is 0.720. The number of aromatic nitrogens is 3. The Morgan fingerprint density at radius 3 is 2.71 bits per heavy atom. The van der Waals surface area contributed by atoms with Crippen LogP contribution in [0.15, 0.2) is 0 Å². The van der Waals surface area contributed by atoms with Gasteiger partial charge in [-0.1, -0.05) is 13.8 Å². The van der Waals surface area contributed by atoms with Crippen molar-refractivity contribution < 1.29 is 0 Å². The fourth-order valence-corrected chi connectivity index (χ4v) is 2.07. The highest BCUT2D eigenvalue weighted by Crippen LogP contribution is 2.46. The molecule has 78 valence electrons. The van der Waals surface area contributed by atoms with Crippen molar-refractivity contribution in [2.45, 2.75) is 45.0 Å². The van der Waals surface area contributed by atoms with Crippen molar-refractivity contribution in [3.63, 3.8) is 0 Å². The molecular weight excluding hydrogens is 198 g/mol. The molecule has 1 fully saturated rings. The van der Waals surface area contributed by atoms with Gasteiger partial charge in [-0.05, 0) is 18.8 Å². The van der Waals surface area contributed by atoms with Gasteiger partial charge in [0.2, 0.25) is 0 Å². The van der Waals surface area contributed by atoms with E-state index in [1.54, 1.807) is 0 Å². The molecule has 3 nitrogen and oxygen atoms in total. The standard InChI is InChI=1S/C10H16ClN3/c1-3-4-14-9(6-11)12-13-10(14)8-5-7(8)2/h7-8H,3-6H2,1-2H3. The molecular formula is C10H16ClN3. The van der Waals surface area contributed by atoms with E-state index in [1.165, 1.54) is 6.42 Å². The number of hydrogen-bond acceptors (Lipinski definition) is 2. The maximum absolute atomic E-state index is 5.82. The van der Waals surface area contributed by atoms with Crippen LogP contribution < -0.4 is 0 Å². The van der Waals surface area contributed by atoms with E-state index in [0.29, 0.717) is 11.8 Å². The Morgan fingerprint density at radius 1 is 1.50 bits per heavy atom. The lowest BCUT2D eigenvalue weighted by Gasteiger charge is -2.06. The van der Waals surface area contributed by atoms with Crippen molar-refractivity contribution in [2.75, 3.05) is 0 Å². The van der Waals surface area contributed by atoms with Gasteiger partial charge in [-0.25, -0.2) is 0 Å². The Balaban J connectivity index is 2.25. The summed E-state index contributed by atoms with van der Waals surface area (Å²) in [5.74, 6) is 3.94. The molecule has 0 aromatic carbocycles. The Kier molecular flexibility index (Phi) is 2.77. The first-order valence-electron chi connectivity index (χ1n) is 5.25. The highest BCUT2D eigenvalue weighted by molar-refractivity contribution is 6.16. The first-order valence-corrected chi connectivity index (χ1v) is 5.79. The van der Waals surface area contributed by atoms with Gasteiger partial charge in [0, 0.05) is 12.5 Å². The molecule has 1 saturated carbocycles. The van der Waals surface area contributed by atoms with Crippen LogP contribution in [0.4, 0.5) is 0 Å². The second-order valence-corrected chi connectivity index (χ2v) is 4.35. The molecule has 1 aliphatic rings. The van der Waals surface area contributed by atoms with E-state index >= 15 is 0 Å². The van der Waals surface area contributed by atoms with E-state index in [4.69, 9.17) is 11.6 Å². The monoisotopic (exact) mass is 213 g/mol. The van der Waals surface area contributed by atoms with Crippen molar-refractivity contribution in [3.05, 3.63) is 11.6 Å². The van der Waals surface area contributed by atoms with E-state index in [1.807, 2.05) is 0 Å². The molecule has 2 rings (SSSR count). The maximum Gasteiger partial charge on any atom is 0.147 e. The number of hydrogen-bond donors (Lipinski definition) is 0. The summed E-state index contributed by atoms with van der Waals surface area (Å²) in [5.41, 5.74) is 0. The van der Waals surface area contributed by atoms with E-state index in [0.717, 1.165) is 30.5 Å². The van der Waals surface area contributed by atoms with Gasteiger partial charge in [0.05, 0.1) is 5.88 Å². The molecule has 1 heterocycles. The van der Waals surface area contributed by atoms with Crippen molar-refractivity contribution in [3.8, 4) is 0 Å². The van der Waals surface area contributed by atoms with Gasteiger partial charge in [0.1, 0.15) is 11.6 Å². The third kappa shape index (κ3) is 1.65. The topological polar surface area (TPSA) is 30.7 Å². The van der Waals surface area contributed by atoms with Crippen LogP contribution in [0.5, 0.6) is 0 Å². The third-order valence-corrected chi connectivity index (χ3v) is 3.10. The molecule has 0 aliphatic heterocycles. The normalized spacial score (nSPS) is 25.4. The van der Waals surface area contributed by atoms with E-state index in [2.05, 4.69) is 28.6 Å². The molecule has 0 N–H and O–H groups in total. The predicted octanol–water partition coefficient (Wildman–Crippen LogP) is 2.55. The first-order chi connectivity index (χ1) is 6.77. The van der Waals surface area contributed by atoms with Gasteiger partial charge in [-0.15, -0.1) is 21.8 Å². The third-order valence-electron chi connectivity index (χ3n) is 2.86. The lowest BCUT2D eigenvalue weighted by Crippen LogP contribution is -2.06. The summed E-state index contributed by atoms with van der Waals surface area (Å²) in [6.07, 6.45) is 2.36. The number of nitrogens with zero attached hydrogens (tertiary/aromatic N) is 3. The van der Waals surface area contributed by atoms with Crippen molar-refractivity contribution in [1.82, 2.24) is 14.8 Å². The zero-order valence-corrected chi connectivity index (χ0v) is 9.46. The highest BCUT2D eigenvalue weighted by Gasteiger charge is 2.38. The minimum Gasteiger partial charge on any atom is -0.314 e. The minimum atomic E-state index is 0.466. The summed E-state index contributed by atoms with van der Waals surface area (Å²) in [6.45, 7) is 5.42. The van der Waals surface area contributed by atoms with Crippen LogP contribution in [0, 0.1) is 5.92 Å². The van der Waals surface area contributed by atoms with Gasteiger partial charge < -0.3 is 4.57 Å². The van der Waals surface area contributed by atoms with Gasteiger partial charge in [-0.3, -0.25) is 0 Å². The lowest BCUT2D eigenvalue weighted by atomic mass is 10.3. The van der Waals surface area contributed by atoms with Crippen LogP contribution in [0.3, 0.4) is 0 Å². The van der Waals surface area contributed by atoms with Crippen LogP contribution in [0.25, 0.3) is 0 Å². The second kappa shape index (κ2) is 3.89. The zero-order chi connectivity index (χ0) is 10.1. The Morgan fingerprint density at radius 2 is 2.21 bits per heavy atom. The Bertz CT molecular complexity index is 321. The van der Waals surface area contributed by atoms with E-state index in [9.17, 15) is 0 Å². The Hall–Kier alpha value is -0.570. The number of halogens is 1. The summed E-state index contributed by atoms with van der Waals surface area (Å²) in [6, 6.07) is 0. The summed E-state index contributed by atoms with van der Waals surface area (Å²) in [4.78, 5) is 0. The van der Waals surface area contributed by atoms with E-state index in [-0.39, 0.29) is 0 Å². The van der Waals surface area contributed by atoms with Crippen molar-refractivity contribution in [2.24, 2.45) is 5.92 Å². The predicted molar refractivity (Wildman–Crippen MR) is 56.4 cm³/mol. The first kappa shape index (κ1) is 9.97. The Labute approximate surface area is 89.5 Å². The van der Waals surface area contributed by atoms with Crippen molar-refractivity contribution in [1.29, 1.82) is 0 Å². The molecule has 4 heteroatoms. The van der Waals surface area contributed by atoms with Crippen LogP contribution in [-0.4, -0.2) is 14.8 Å². The van der Waals surface area contributed by atoms with Crippen LogP contribution in [0.1, 0.15) is 44.3 Å². The second-order valence-electron chi connectivity index (χ2n) is 4.08. The average Bonchev–Trinajstić information content (AvgIpc) is 2.77. The molecule has 0 bridgehead atoms. The largest absolute Gasteiger partial charge is 0.314 e. The summed E-state index contributed by atoms with van der Waals surface area (Å²) >= 11 is 5.82. The molecule has 0 amide bonds. The van der Waals surface area contributed by atoms with Gasteiger partial charge in [0.25, 0.3) is 0 Å². The van der Waals surface area contributed by atoms with Crippen LogP contribution in [-0.2, 0) is 12.4 Å². The fraction of sp³-hybridized carbons (Fsp3) is 0.800. The smallest absolute Gasteiger partial charge is 0.147 e. The van der Waals surface area contributed by atoms with Crippen LogP contribution >= 0.6 is 11.6 Å².